The van der Waals surface area contributed by atoms with E-state index in [2.05, 4.69) is 16.6 Å². The Bertz CT molecular complexity index is 475. The molecule has 1 N–H and O–H groups in total. The highest BCUT2D eigenvalue weighted by Crippen LogP contribution is 2.21. The van der Waals surface area contributed by atoms with Crippen LogP contribution in [0.3, 0.4) is 0 Å². The van der Waals surface area contributed by atoms with Gasteiger partial charge in [-0.15, -0.1) is 0 Å². The molecule has 1 heterocycles. The molecule has 4 nitrogen and oxygen atoms in total. The summed E-state index contributed by atoms with van der Waals surface area (Å²) in [6, 6.07) is 0. The molecule has 0 atom stereocenters. The van der Waals surface area contributed by atoms with E-state index in [1.54, 1.807) is 25.3 Å². The van der Waals surface area contributed by atoms with E-state index in [1.807, 2.05) is 13.8 Å². The fourth-order valence-electron chi connectivity index (χ4n) is 1.27. The number of aromatic nitrogens is 1. The molecule has 86 valence electrons. The number of H-pyrrole nitrogens is 1. The van der Waals surface area contributed by atoms with Crippen molar-refractivity contribution in [2.24, 2.45) is 10.9 Å². The molecule has 0 aliphatic rings. The summed E-state index contributed by atoms with van der Waals surface area (Å²) in [5, 5.41) is 0. The van der Waals surface area contributed by atoms with Crippen LogP contribution in [0.4, 0.5) is 5.82 Å². The third kappa shape index (κ3) is 2.82. The maximum absolute atomic E-state index is 11.1. The lowest BCUT2D eigenvalue weighted by molar-refractivity contribution is 0.506. The maximum atomic E-state index is 11.1. The van der Waals surface area contributed by atoms with Crippen LogP contribution in [-0.2, 0) is 0 Å². The number of aromatic amines is 1. The number of allylic oxidation sites excluding steroid dienone is 2. The SMILES string of the molecule is C=C/C(=C\c1oc(=O)[nH]c1/N=C/C)C(C)C. The van der Waals surface area contributed by atoms with Crippen molar-refractivity contribution in [2.45, 2.75) is 20.8 Å². The van der Waals surface area contributed by atoms with E-state index in [-0.39, 0.29) is 0 Å². The molecule has 0 aromatic carbocycles. The van der Waals surface area contributed by atoms with Gasteiger partial charge in [0.1, 0.15) is 0 Å². The van der Waals surface area contributed by atoms with Crippen LogP contribution >= 0.6 is 0 Å². The Labute approximate surface area is 94.4 Å². The standard InChI is InChI=1S/C12H16N2O2/c1-5-9(8(3)4)7-10-11(13-6-2)14-12(15)16-10/h5-8H,1H2,2-4H3,(H,14,15)/b9-7+,13-6+. The number of nitrogens with zero attached hydrogens (tertiary/aromatic N) is 1. The summed E-state index contributed by atoms with van der Waals surface area (Å²) >= 11 is 0. The molecular weight excluding hydrogens is 204 g/mol. The first kappa shape index (κ1) is 12.2. The van der Waals surface area contributed by atoms with Crippen molar-refractivity contribution in [3.8, 4) is 0 Å². The Morgan fingerprint density at radius 3 is 2.75 bits per heavy atom. The van der Waals surface area contributed by atoms with Gasteiger partial charge in [-0.25, -0.2) is 9.79 Å². The van der Waals surface area contributed by atoms with E-state index in [9.17, 15) is 4.79 Å². The summed E-state index contributed by atoms with van der Waals surface area (Å²) in [7, 11) is 0. The fourth-order valence-corrected chi connectivity index (χ4v) is 1.27. The lowest BCUT2D eigenvalue weighted by atomic mass is 10.0. The highest BCUT2D eigenvalue weighted by molar-refractivity contribution is 5.65. The molecule has 1 aromatic rings. The molecule has 0 aliphatic heterocycles. The zero-order valence-electron chi connectivity index (χ0n) is 9.78. The average Bonchev–Trinajstić information content (AvgIpc) is 2.55. The Kier molecular flexibility index (Phi) is 4.05. The monoisotopic (exact) mass is 220 g/mol. The minimum absolute atomic E-state index is 0.316. The van der Waals surface area contributed by atoms with E-state index in [4.69, 9.17) is 4.42 Å². The van der Waals surface area contributed by atoms with Crippen molar-refractivity contribution in [2.75, 3.05) is 0 Å². The van der Waals surface area contributed by atoms with Crippen molar-refractivity contribution >= 4 is 18.1 Å². The van der Waals surface area contributed by atoms with Gasteiger partial charge in [0, 0.05) is 6.21 Å². The van der Waals surface area contributed by atoms with Crippen LogP contribution < -0.4 is 5.76 Å². The van der Waals surface area contributed by atoms with Gasteiger partial charge in [0.15, 0.2) is 11.6 Å². The number of aliphatic imine (C=N–C) groups is 1. The van der Waals surface area contributed by atoms with Gasteiger partial charge < -0.3 is 4.42 Å². The topological polar surface area (TPSA) is 58.4 Å². The van der Waals surface area contributed by atoms with Crippen molar-refractivity contribution in [3.63, 3.8) is 0 Å². The molecule has 0 amide bonds. The van der Waals surface area contributed by atoms with Crippen molar-refractivity contribution in [1.29, 1.82) is 0 Å². The van der Waals surface area contributed by atoms with Gasteiger partial charge >= 0.3 is 5.76 Å². The number of oxazole rings is 1. The molecule has 0 saturated carbocycles. The lowest BCUT2D eigenvalue weighted by Gasteiger charge is -2.04. The molecule has 4 heteroatoms. The van der Waals surface area contributed by atoms with E-state index in [0.717, 1.165) is 5.57 Å². The van der Waals surface area contributed by atoms with E-state index in [0.29, 0.717) is 17.5 Å². The Morgan fingerprint density at radius 2 is 2.25 bits per heavy atom. The lowest BCUT2D eigenvalue weighted by Crippen LogP contribution is -1.93. The second-order valence-electron chi connectivity index (χ2n) is 3.62. The zero-order valence-corrected chi connectivity index (χ0v) is 9.78. The maximum Gasteiger partial charge on any atom is 0.418 e. The van der Waals surface area contributed by atoms with E-state index >= 15 is 0 Å². The average molecular weight is 220 g/mol. The van der Waals surface area contributed by atoms with Crippen molar-refractivity contribution in [1.82, 2.24) is 4.98 Å². The Morgan fingerprint density at radius 1 is 1.56 bits per heavy atom. The predicted octanol–water partition coefficient (Wildman–Crippen LogP) is 2.92. The predicted molar refractivity (Wildman–Crippen MR) is 66.2 cm³/mol. The largest absolute Gasteiger partial charge is 0.418 e. The molecule has 0 saturated heterocycles. The molecule has 0 unspecified atom stereocenters. The van der Waals surface area contributed by atoms with Gasteiger partial charge in [0.05, 0.1) is 0 Å². The molecule has 1 aromatic heterocycles. The molecule has 0 aliphatic carbocycles. The molecule has 16 heavy (non-hydrogen) atoms. The summed E-state index contributed by atoms with van der Waals surface area (Å²) in [4.78, 5) is 17.6. The smallest absolute Gasteiger partial charge is 0.406 e. The molecule has 0 radical (unpaired) electrons. The van der Waals surface area contributed by atoms with Crippen LogP contribution in [0.1, 0.15) is 26.5 Å². The van der Waals surface area contributed by atoms with E-state index in [1.165, 1.54) is 0 Å². The third-order valence-corrected chi connectivity index (χ3v) is 2.11. The third-order valence-electron chi connectivity index (χ3n) is 2.11. The van der Waals surface area contributed by atoms with Crippen LogP contribution in [0.5, 0.6) is 0 Å². The van der Waals surface area contributed by atoms with Gasteiger partial charge in [0.25, 0.3) is 0 Å². The number of rotatable bonds is 4. The van der Waals surface area contributed by atoms with Crippen LogP contribution in [0, 0.1) is 5.92 Å². The van der Waals surface area contributed by atoms with Gasteiger partial charge in [-0.05, 0) is 24.5 Å². The number of hydrogen-bond donors (Lipinski definition) is 1. The molecular formula is C12H16N2O2. The summed E-state index contributed by atoms with van der Waals surface area (Å²) in [6.45, 7) is 9.58. The first-order chi connectivity index (χ1) is 7.58. The molecule has 0 bridgehead atoms. The molecule has 1 rings (SSSR count). The number of hydrogen-bond acceptors (Lipinski definition) is 3. The first-order valence-electron chi connectivity index (χ1n) is 5.14. The van der Waals surface area contributed by atoms with Crippen molar-refractivity contribution < 1.29 is 4.42 Å². The zero-order chi connectivity index (χ0) is 12.1. The second kappa shape index (κ2) is 5.30. The molecule has 0 spiro atoms. The van der Waals surface area contributed by atoms with Gasteiger partial charge in [-0.1, -0.05) is 26.5 Å². The minimum atomic E-state index is -0.501. The summed E-state index contributed by atoms with van der Waals surface area (Å²) in [6.07, 6.45) is 5.12. The Balaban J connectivity index is 3.22. The second-order valence-corrected chi connectivity index (χ2v) is 3.62. The highest BCUT2D eigenvalue weighted by Gasteiger charge is 2.08. The van der Waals surface area contributed by atoms with Gasteiger partial charge in [0.2, 0.25) is 0 Å². The normalized spacial score (nSPS) is 12.6. The summed E-state index contributed by atoms with van der Waals surface area (Å²) < 4.78 is 5.00. The summed E-state index contributed by atoms with van der Waals surface area (Å²) in [5.41, 5.74) is 0.996. The quantitative estimate of drug-likeness (QED) is 0.626. The van der Waals surface area contributed by atoms with Crippen LogP contribution in [0.25, 0.3) is 6.08 Å². The fraction of sp³-hybridized carbons (Fsp3) is 0.333. The van der Waals surface area contributed by atoms with E-state index < -0.39 is 5.76 Å². The van der Waals surface area contributed by atoms with Crippen LogP contribution in [0.2, 0.25) is 0 Å². The Hall–Kier alpha value is -1.84. The summed E-state index contributed by atoms with van der Waals surface area (Å²) in [5.74, 6) is 0.689. The van der Waals surface area contributed by atoms with Crippen LogP contribution in [-0.4, -0.2) is 11.2 Å². The first-order valence-corrected chi connectivity index (χ1v) is 5.14. The van der Waals surface area contributed by atoms with Crippen LogP contribution in [0.15, 0.2) is 32.4 Å². The molecule has 0 fully saturated rings. The van der Waals surface area contributed by atoms with Gasteiger partial charge in [-0.2, -0.15) is 0 Å². The highest BCUT2D eigenvalue weighted by atomic mass is 16.4. The number of nitrogens with one attached hydrogen (secondary N) is 1. The minimum Gasteiger partial charge on any atom is -0.406 e. The van der Waals surface area contributed by atoms with Gasteiger partial charge in [-0.3, -0.25) is 4.98 Å². The van der Waals surface area contributed by atoms with Crippen molar-refractivity contribution in [3.05, 3.63) is 34.5 Å².